The quantitative estimate of drug-likeness (QED) is 0.671. The van der Waals surface area contributed by atoms with Gasteiger partial charge < -0.3 is 10.6 Å². The summed E-state index contributed by atoms with van der Waals surface area (Å²) in [5.41, 5.74) is 1.15. The van der Waals surface area contributed by atoms with Crippen molar-refractivity contribution in [1.29, 1.82) is 0 Å². The molecule has 4 heteroatoms. The molecular weight excluding hydrogens is 224 g/mol. The minimum Gasteiger partial charge on any atom is -0.323 e. The molecule has 1 aromatic carbocycles. The SMILES string of the molecule is O=C1Nc2c(Cl)cccc2C12C=CCNC2. The van der Waals surface area contributed by atoms with Crippen LogP contribution in [0, 0.1) is 0 Å². The second kappa shape index (κ2) is 3.34. The minimum absolute atomic E-state index is 0.000880. The van der Waals surface area contributed by atoms with Crippen molar-refractivity contribution in [1.82, 2.24) is 5.32 Å². The molecule has 0 radical (unpaired) electrons. The van der Waals surface area contributed by atoms with Crippen LogP contribution >= 0.6 is 11.6 Å². The van der Waals surface area contributed by atoms with Crippen LogP contribution in [0.25, 0.3) is 0 Å². The van der Waals surface area contributed by atoms with Gasteiger partial charge in [-0.1, -0.05) is 35.9 Å². The first-order valence-electron chi connectivity index (χ1n) is 5.23. The topological polar surface area (TPSA) is 41.1 Å². The van der Waals surface area contributed by atoms with Crippen molar-refractivity contribution in [2.45, 2.75) is 5.41 Å². The molecule has 2 aliphatic heterocycles. The average molecular weight is 235 g/mol. The number of carbonyl (C=O) groups excluding carboxylic acids is 1. The van der Waals surface area contributed by atoms with Gasteiger partial charge in [0.05, 0.1) is 10.7 Å². The number of amides is 1. The Morgan fingerprint density at radius 2 is 2.25 bits per heavy atom. The monoisotopic (exact) mass is 234 g/mol. The number of fused-ring (bicyclic) bond motifs is 2. The molecule has 3 rings (SSSR count). The first-order valence-corrected chi connectivity index (χ1v) is 5.61. The van der Waals surface area contributed by atoms with Crippen molar-refractivity contribution < 1.29 is 4.79 Å². The third kappa shape index (κ3) is 1.16. The maximum atomic E-state index is 12.1. The second-order valence-electron chi connectivity index (χ2n) is 4.12. The molecule has 2 heterocycles. The van der Waals surface area contributed by atoms with Gasteiger partial charge >= 0.3 is 0 Å². The van der Waals surface area contributed by atoms with Crippen LogP contribution in [0.4, 0.5) is 5.69 Å². The highest BCUT2D eigenvalue weighted by molar-refractivity contribution is 6.35. The van der Waals surface area contributed by atoms with E-state index in [1.807, 2.05) is 24.3 Å². The van der Waals surface area contributed by atoms with Crippen molar-refractivity contribution >= 4 is 23.2 Å². The Labute approximate surface area is 98.5 Å². The van der Waals surface area contributed by atoms with Crippen molar-refractivity contribution in [3.63, 3.8) is 0 Å². The first-order chi connectivity index (χ1) is 7.74. The molecule has 1 unspecified atom stereocenters. The van der Waals surface area contributed by atoms with E-state index >= 15 is 0 Å². The van der Waals surface area contributed by atoms with Crippen molar-refractivity contribution in [2.24, 2.45) is 0 Å². The zero-order valence-corrected chi connectivity index (χ0v) is 9.34. The highest BCUT2D eigenvalue weighted by Gasteiger charge is 2.45. The Balaban J connectivity index is 2.23. The summed E-state index contributed by atoms with van der Waals surface area (Å²) in [4.78, 5) is 12.1. The molecule has 0 saturated carbocycles. The number of para-hydroxylation sites is 1. The van der Waals surface area contributed by atoms with E-state index in [1.54, 1.807) is 6.07 Å². The number of rotatable bonds is 0. The highest BCUT2D eigenvalue weighted by Crippen LogP contribution is 2.42. The predicted molar refractivity (Wildman–Crippen MR) is 63.8 cm³/mol. The number of benzene rings is 1. The zero-order valence-electron chi connectivity index (χ0n) is 8.59. The molecule has 1 spiro atoms. The third-order valence-corrected chi connectivity index (χ3v) is 3.52. The average Bonchev–Trinajstić information content (AvgIpc) is 2.57. The van der Waals surface area contributed by atoms with Gasteiger partial charge in [-0.15, -0.1) is 0 Å². The standard InChI is InChI=1S/C12H11ClN2O/c13-9-4-1-3-8-10(9)15-11(16)12(8)5-2-6-14-7-12/h1-5,14H,6-7H2,(H,15,16). The van der Waals surface area contributed by atoms with Crippen molar-refractivity contribution in [2.75, 3.05) is 18.4 Å². The fourth-order valence-electron chi connectivity index (χ4n) is 2.38. The minimum atomic E-state index is -0.571. The smallest absolute Gasteiger partial charge is 0.240 e. The lowest BCUT2D eigenvalue weighted by molar-refractivity contribution is -0.119. The molecule has 0 aromatic heterocycles. The van der Waals surface area contributed by atoms with E-state index in [2.05, 4.69) is 10.6 Å². The first kappa shape index (κ1) is 9.87. The fraction of sp³-hybridized carbons (Fsp3) is 0.250. The highest BCUT2D eigenvalue weighted by atomic mass is 35.5. The molecular formula is C12H11ClN2O. The Hall–Kier alpha value is -1.32. The van der Waals surface area contributed by atoms with E-state index in [-0.39, 0.29) is 5.91 Å². The van der Waals surface area contributed by atoms with Crippen LogP contribution in [0.3, 0.4) is 0 Å². The van der Waals surface area contributed by atoms with Crippen LogP contribution < -0.4 is 10.6 Å². The third-order valence-electron chi connectivity index (χ3n) is 3.21. The summed E-state index contributed by atoms with van der Waals surface area (Å²) in [5.74, 6) is -0.000880. The number of nitrogens with one attached hydrogen (secondary N) is 2. The number of carbonyl (C=O) groups is 1. The van der Waals surface area contributed by atoms with Crippen LogP contribution in [-0.2, 0) is 10.2 Å². The molecule has 0 saturated heterocycles. The Morgan fingerprint density at radius 3 is 3.00 bits per heavy atom. The molecule has 82 valence electrons. The Morgan fingerprint density at radius 1 is 1.38 bits per heavy atom. The maximum Gasteiger partial charge on any atom is 0.240 e. The molecule has 1 aromatic rings. The summed E-state index contributed by atoms with van der Waals surface area (Å²) in [6.45, 7) is 1.44. The predicted octanol–water partition coefficient (Wildman–Crippen LogP) is 1.69. The van der Waals surface area contributed by atoms with Crippen LogP contribution in [0.1, 0.15) is 5.56 Å². The molecule has 1 amide bonds. The number of hydrogen-bond acceptors (Lipinski definition) is 2. The Kier molecular flexibility index (Phi) is 2.06. The molecule has 0 aliphatic carbocycles. The lowest BCUT2D eigenvalue weighted by atomic mass is 9.80. The van der Waals surface area contributed by atoms with Crippen LogP contribution in [-0.4, -0.2) is 19.0 Å². The van der Waals surface area contributed by atoms with Gasteiger partial charge in [0.25, 0.3) is 0 Å². The number of halogens is 1. The summed E-state index contributed by atoms with van der Waals surface area (Å²) in [6.07, 6.45) is 3.96. The summed E-state index contributed by atoms with van der Waals surface area (Å²) in [7, 11) is 0. The van der Waals surface area contributed by atoms with Gasteiger partial charge in [0.1, 0.15) is 5.41 Å². The van der Waals surface area contributed by atoms with Gasteiger partial charge in [0.15, 0.2) is 0 Å². The molecule has 2 N–H and O–H groups in total. The number of anilines is 1. The van der Waals surface area contributed by atoms with Gasteiger partial charge in [-0.05, 0) is 11.6 Å². The van der Waals surface area contributed by atoms with Crippen LogP contribution in [0.5, 0.6) is 0 Å². The summed E-state index contributed by atoms with van der Waals surface area (Å²) in [5, 5.41) is 6.68. The second-order valence-corrected chi connectivity index (χ2v) is 4.53. The lowest BCUT2D eigenvalue weighted by Gasteiger charge is -2.27. The van der Waals surface area contributed by atoms with E-state index < -0.39 is 5.41 Å². The lowest BCUT2D eigenvalue weighted by Crippen LogP contribution is -2.44. The Bertz CT molecular complexity index is 498. The van der Waals surface area contributed by atoms with E-state index in [9.17, 15) is 4.79 Å². The zero-order chi connectivity index (χ0) is 11.2. The molecule has 1 atom stereocenters. The van der Waals surface area contributed by atoms with Gasteiger partial charge in [-0.2, -0.15) is 0 Å². The van der Waals surface area contributed by atoms with Crippen molar-refractivity contribution in [3.05, 3.63) is 40.9 Å². The van der Waals surface area contributed by atoms with E-state index in [0.717, 1.165) is 17.8 Å². The summed E-state index contributed by atoms with van der Waals surface area (Å²) < 4.78 is 0. The van der Waals surface area contributed by atoms with Crippen molar-refractivity contribution in [3.8, 4) is 0 Å². The maximum absolute atomic E-state index is 12.1. The van der Waals surface area contributed by atoms with Gasteiger partial charge in [-0.25, -0.2) is 0 Å². The van der Waals surface area contributed by atoms with Crippen LogP contribution in [0.2, 0.25) is 5.02 Å². The van der Waals surface area contributed by atoms with Gasteiger partial charge in [0, 0.05) is 13.1 Å². The molecule has 16 heavy (non-hydrogen) atoms. The van der Waals surface area contributed by atoms with Gasteiger partial charge in [-0.3, -0.25) is 4.79 Å². The summed E-state index contributed by atoms with van der Waals surface area (Å²) in [6, 6.07) is 5.63. The van der Waals surface area contributed by atoms with Crippen LogP contribution in [0.15, 0.2) is 30.4 Å². The fourth-order valence-corrected chi connectivity index (χ4v) is 2.60. The molecule has 3 nitrogen and oxygen atoms in total. The normalized spacial score (nSPS) is 26.9. The van der Waals surface area contributed by atoms with E-state index in [0.29, 0.717) is 11.6 Å². The van der Waals surface area contributed by atoms with E-state index in [4.69, 9.17) is 11.6 Å². The molecule has 2 aliphatic rings. The number of hydrogen-bond donors (Lipinski definition) is 2. The molecule has 0 bridgehead atoms. The van der Waals surface area contributed by atoms with Gasteiger partial charge in [0.2, 0.25) is 5.91 Å². The largest absolute Gasteiger partial charge is 0.323 e. The van der Waals surface area contributed by atoms with E-state index in [1.165, 1.54) is 0 Å². The summed E-state index contributed by atoms with van der Waals surface area (Å²) >= 11 is 6.08. The molecule has 0 fully saturated rings.